The number of carbonyl (C=O) groups is 8. The molecule has 0 saturated carbocycles. The Balaban J connectivity index is 0.913. The van der Waals surface area contributed by atoms with Gasteiger partial charge in [0.2, 0.25) is 15.3 Å². The van der Waals surface area contributed by atoms with Crippen LogP contribution in [0.15, 0.2) is 186 Å². The smallest absolute Gasteiger partial charge is 0.377 e. The van der Waals surface area contributed by atoms with Gasteiger partial charge in [0.1, 0.15) is 0 Å². The number of amides is 6. The first-order valence-electron chi connectivity index (χ1n) is 30.0. The van der Waals surface area contributed by atoms with Crippen LogP contribution in [0.1, 0.15) is 158 Å². The molecule has 484 valence electrons. The number of fused-ring (bicyclic) bond motifs is 3. The van der Waals surface area contributed by atoms with Crippen molar-refractivity contribution in [3.05, 3.63) is 282 Å². The number of imide groups is 3. The Bertz CT molecular complexity index is 5080. The molecule has 3 aliphatic heterocycles. The lowest BCUT2D eigenvalue weighted by Crippen LogP contribution is -2.55. The van der Waals surface area contributed by atoms with Gasteiger partial charge in [-0.05, 0) is 195 Å². The van der Waals surface area contributed by atoms with Crippen molar-refractivity contribution in [1.29, 1.82) is 0 Å². The van der Waals surface area contributed by atoms with Crippen LogP contribution in [-0.4, -0.2) is 81.9 Å². The van der Waals surface area contributed by atoms with Crippen LogP contribution < -0.4 is 19.6 Å². The molecule has 12 rings (SSSR count). The quantitative estimate of drug-likeness (QED) is 0.0437. The maximum absolute atomic E-state index is 16.0. The number of hydrogen-bond acceptors (Lipinski definition) is 11. The molecule has 0 radical (unpaired) electrons. The molecule has 1 atom stereocenters. The normalized spacial score (nSPS) is 14.7. The van der Waals surface area contributed by atoms with Gasteiger partial charge in [-0.2, -0.15) is 26.3 Å². The van der Waals surface area contributed by atoms with E-state index >= 15 is 26.3 Å². The number of aryl methyl sites for hydroxylation is 5. The molecule has 9 aromatic rings. The number of Topliss-reactive ketones (excluding diaryl/α,β-unsaturated/α-hetero) is 2. The Morgan fingerprint density at radius 1 is 0.375 bits per heavy atom. The molecule has 6 amide bonds. The van der Waals surface area contributed by atoms with Gasteiger partial charge in [-0.25, -0.2) is 23.1 Å². The van der Waals surface area contributed by atoms with Gasteiger partial charge < -0.3 is 4.90 Å². The largest absolute Gasteiger partial charge is 0.411 e. The van der Waals surface area contributed by atoms with Crippen LogP contribution in [-0.2, 0) is 20.7 Å². The van der Waals surface area contributed by atoms with E-state index in [1.165, 1.54) is 50.2 Å². The molecule has 9 aromatic carbocycles. The number of sulfone groups is 1. The van der Waals surface area contributed by atoms with Crippen molar-refractivity contribution in [2.24, 2.45) is 0 Å². The summed E-state index contributed by atoms with van der Waals surface area (Å²) in [6, 6.07) is 39.9. The number of anilines is 4. The Hall–Kier alpha value is -10.9. The van der Waals surface area contributed by atoms with E-state index in [0.29, 0.717) is 67.4 Å². The lowest BCUT2D eigenvalue weighted by molar-refractivity contribution is -0.288. The molecule has 0 bridgehead atoms. The average Bonchev–Trinajstić information content (AvgIpc) is 1.19. The van der Waals surface area contributed by atoms with Gasteiger partial charge in [-0.15, -0.1) is 0 Å². The van der Waals surface area contributed by atoms with Crippen molar-refractivity contribution >= 4 is 79.6 Å². The number of benzene rings is 9. The lowest BCUT2D eigenvalue weighted by Gasteiger charge is -2.39. The van der Waals surface area contributed by atoms with E-state index in [4.69, 9.17) is 0 Å². The van der Waals surface area contributed by atoms with Crippen molar-refractivity contribution in [1.82, 2.24) is 0 Å². The summed E-state index contributed by atoms with van der Waals surface area (Å²) < 4.78 is 124. The highest BCUT2D eigenvalue weighted by atomic mass is 32.2. The molecule has 14 nitrogen and oxygen atoms in total. The Kier molecular flexibility index (Phi) is 15.6. The fourth-order valence-corrected chi connectivity index (χ4v) is 15.1. The van der Waals surface area contributed by atoms with E-state index in [0.717, 1.165) is 46.0 Å². The molecule has 96 heavy (non-hydrogen) atoms. The number of ketones is 2. The lowest BCUT2D eigenvalue weighted by atomic mass is 9.63. The van der Waals surface area contributed by atoms with Crippen LogP contribution in [0.5, 0.6) is 0 Å². The fraction of sp³-hybridized carbons (Fsp3) is 0.173. The molecule has 0 unspecified atom stereocenters. The maximum atomic E-state index is 16.0. The Morgan fingerprint density at radius 3 is 1.24 bits per heavy atom. The molecule has 0 aliphatic carbocycles. The maximum Gasteiger partial charge on any atom is 0.411 e. The van der Waals surface area contributed by atoms with Gasteiger partial charge in [0.25, 0.3) is 35.4 Å². The predicted octanol–water partition coefficient (Wildman–Crippen LogP) is 14.7. The Labute approximate surface area is 546 Å². The Morgan fingerprint density at radius 2 is 0.781 bits per heavy atom. The standard InChI is InChI=1S/C75H56F6N4O10S/c1-39-15-13-14-18-61(39)72(46-16-11-10-12-17-46,48-22-30-63(41(3)32-48)84-67(89)56-28-24-52(38-60(56)71(84)93)96(94,95)51-23-27-53(44(6)86)57(37-51)45(7)87)47-21-29-62(40(2)31-47)83-66(88)54-25-19-49(35-58(54)69(83)91)73(74(76,77)78,75(79,80)81)50-20-26-55-59(36-50)70(92)85(68(55)90)65-34-42(4)64(82(8)9)33-43(65)5/h10-38H,1-9H3/t72-/m1/s1. The van der Waals surface area contributed by atoms with Crippen molar-refractivity contribution < 1.29 is 73.1 Å². The molecule has 0 spiro atoms. The minimum absolute atomic E-state index is 0.0284. The summed E-state index contributed by atoms with van der Waals surface area (Å²) in [6.45, 7) is 10.9. The molecule has 0 saturated heterocycles. The minimum Gasteiger partial charge on any atom is -0.377 e. The van der Waals surface area contributed by atoms with E-state index in [9.17, 15) is 46.8 Å². The number of hydrogen-bond donors (Lipinski definition) is 0. The van der Waals surface area contributed by atoms with Crippen molar-refractivity contribution in [3.8, 4) is 0 Å². The summed E-state index contributed by atoms with van der Waals surface area (Å²) in [5.74, 6) is -7.00. The van der Waals surface area contributed by atoms with Gasteiger partial charge >= 0.3 is 12.4 Å². The zero-order valence-corrected chi connectivity index (χ0v) is 53.6. The monoisotopic (exact) mass is 1320 g/mol. The van der Waals surface area contributed by atoms with Crippen molar-refractivity contribution in [2.75, 3.05) is 33.7 Å². The fourth-order valence-electron chi connectivity index (χ4n) is 13.8. The highest BCUT2D eigenvalue weighted by molar-refractivity contribution is 7.91. The number of rotatable bonds is 14. The summed E-state index contributed by atoms with van der Waals surface area (Å²) in [6.07, 6.45) is -12.4. The average molecular weight is 1320 g/mol. The third-order valence-electron chi connectivity index (χ3n) is 18.5. The second kappa shape index (κ2) is 22.9. The first-order chi connectivity index (χ1) is 45.2. The van der Waals surface area contributed by atoms with Gasteiger partial charge in [-0.3, -0.25) is 38.4 Å². The molecule has 21 heteroatoms. The van der Waals surface area contributed by atoms with E-state index in [-0.39, 0.29) is 54.7 Å². The second-order valence-corrected chi connectivity index (χ2v) is 26.3. The van der Waals surface area contributed by atoms with Crippen molar-refractivity contribution in [2.45, 2.75) is 81.4 Å². The summed E-state index contributed by atoms with van der Waals surface area (Å²) >= 11 is 0. The summed E-state index contributed by atoms with van der Waals surface area (Å²) in [4.78, 5) is 115. The number of alkyl halides is 6. The van der Waals surface area contributed by atoms with Crippen molar-refractivity contribution in [3.63, 3.8) is 0 Å². The molecular formula is C75H56F6N4O10S. The molecule has 3 aliphatic rings. The van der Waals surface area contributed by atoms with Crippen LogP contribution in [0.4, 0.5) is 49.1 Å². The summed E-state index contributed by atoms with van der Waals surface area (Å²) in [5.41, 5.74) is -6.14. The number of carbonyl (C=O) groups excluding carboxylic acids is 8. The third kappa shape index (κ3) is 9.71. The van der Waals surface area contributed by atoms with Gasteiger partial charge in [0, 0.05) is 30.9 Å². The zero-order valence-electron chi connectivity index (χ0n) is 52.8. The molecule has 0 fully saturated rings. The molecular weight excluding hydrogens is 1260 g/mol. The van der Waals surface area contributed by atoms with E-state index in [1.807, 2.05) is 55.5 Å². The predicted molar refractivity (Wildman–Crippen MR) is 347 cm³/mol. The van der Waals surface area contributed by atoms with Crippen LogP contribution >= 0.6 is 0 Å². The van der Waals surface area contributed by atoms with Gasteiger partial charge in [0.05, 0.1) is 65.6 Å². The summed E-state index contributed by atoms with van der Waals surface area (Å²) in [5, 5.41) is 0. The first kappa shape index (κ1) is 65.1. The first-order valence-corrected chi connectivity index (χ1v) is 31.4. The number of halogens is 6. The molecule has 0 N–H and O–H groups in total. The summed E-state index contributed by atoms with van der Waals surface area (Å²) in [7, 11) is -0.896. The zero-order chi connectivity index (χ0) is 69.4. The second-order valence-electron chi connectivity index (χ2n) is 24.4. The van der Waals surface area contributed by atoms with Crippen LogP contribution in [0.25, 0.3) is 0 Å². The van der Waals surface area contributed by atoms with Crippen LogP contribution in [0, 0.1) is 34.6 Å². The van der Waals surface area contributed by atoms with E-state index in [2.05, 4.69) is 0 Å². The third-order valence-corrected chi connectivity index (χ3v) is 20.2. The van der Waals surface area contributed by atoms with Crippen LogP contribution in [0.2, 0.25) is 0 Å². The molecule has 0 aromatic heterocycles. The van der Waals surface area contributed by atoms with Gasteiger partial charge in [0.15, 0.2) is 11.6 Å². The topological polar surface area (TPSA) is 184 Å². The highest BCUT2D eigenvalue weighted by Gasteiger charge is 2.73. The molecule has 3 heterocycles. The van der Waals surface area contributed by atoms with E-state index in [1.54, 1.807) is 89.2 Å². The van der Waals surface area contributed by atoms with Crippen LogP contribution in [0.3, 0.4) is 0 Å². The number of nitrogens with zero attached hydrogens (tertiary/aromatic N) is 4. The van der Waals surface area contributed by atoms with E-state index < -0.39 is 113 Å². The SMILES string of the molecule is CC(=O)c1ccc(S(=O)(=O)c2ccc3c(c2)C(=O)N(c2ccc([C@@](c4ccccc4)(c4ccc(N5C(=O)c6ccc(C(c7ccc8c(c7)C(=O)N(c7cc(C)c(N(C)C)cc7C)C8=O)(C(F)(F)F)C(F)(F)F)cc6C5=O)c(C)c4)c4ccccc4C)cc2C)C3=O)cc1C(C)=O. The highest BCUT2D eigenvalue weighted by Crippen LogP contribution is 2.58. The van der Waals surface area contributed by atoms with Gasteiger partial charge in [-0.1, -0.05) is 91.0 Å². The minimum atomic E-state index is -6.22.